The lowest BCUT2D eigenvalue weighted by Crippen LogP contribution is -2.51. The van der Waals surface area contributed by atoms with Gasteiger partial charge in [-0.1, -0.05) is 13.8 Å². The Bertz CT molecular complexity index is 609. The summed E-state index contributed by atoms with van der Waals surface area (Å²) in [5, 5.41) is 20.1. The van der Waals surface area contributed by atoms with Gasteiger partial charge in [0.25, 0.3) is 5.56 Å². The van der Waals surface area contributed by atoms with Gasteiger partial charge in [-0.2, -0.15) is 0 Å². The van der Waals surface area contributed by atoms with Gasteiger partial charge in [0.15, 0.2) is 6.23 Å². The van der Waals surface area contributed by atoms with Crippen LogP contribution in [0.5, 0.6) is 0 Å². The second-order valence-electron chi connectivity index (χ2n) is 5.44. The van der Waals surface area contributed by atoms with Crippen LogP contribution in [0.3, 0.4) is 0 Å². The van der Waals surface area contributed by atoms with Crippen LogP contribution in [0.15, 0.2) is 21.9 Å². The van der Waals surface area contributed by atoms with Gasteiger partial charge >= 0.3 is 5.69 Å². The van der Waals surface area contributed by atoms with E-state index < -0.39 is 35.3 Å². The SMILES string of the molecule is CO[C@@H]1[C@@H](O)[C@H](n2ccc(=O)[nH]c2=O)O[C@@]1(CO)C(C)C. The Labute approximate surface area is 120 Å². The zero-order valence-electron chi connectivity index (χ0n) is 12.1. The number of hydrogen-bond donors (Lipinski definition) is 3. The van der Waals surface area contributed by atoms with E-state index >= 15 is 0 Å². The van der Waals surface area contributed by atoms with Crippen molar-refractivity contribution in [3.8, 4) is 0 Å². The number of methoxy groups -OCH3 is 1. The Morgan fingerprint density at radius 3 is 2.62 bits per heavy atom. The van der Waals surface area contributed by atoms with Gasteiger partial charge in [-0.3, -0.25) is 14.3 Å². The molecule has 21 heavy (non-hydrogen) atoms. The minimum Gasteiger partial charge on any atom is -0.393 e. The lowest BCUT2D eigenvalue weighted by molar-refractivity contribution is -0.159. The van der Waals surface area contributed by atoms with Gasteiger partial charge in [-0.05, 0) is 5.92 Å². The van der Waals surface area contributed by atoms with E-state index in [1.165, 1.54) is 13.3 Å². The highest BCUT2D eigenvalue weighted by Crippen LogP contribution is 2.42. The highest BCUT2D eigenvalue weighted by Gasteiger charge is 2.57. The van der Waals surface area contributed by atoms with E-state index in [2.05, 4.69) is 4.98 Å². The van der Waals surface area contributed by atoms with Gasteiger partial charge < -0.3 is 19.7 Å². The molecule has 0 bridgehead atoms. The van der Waals surface area contributed by atoms with E-state index in [1.54, 1.807) is 0 Å². The van der Waals surface area contributed by atoms with Gasteiger partial charge in [0.2, 0.25) is 0 Å². The lowest BCUT2D eigenvalue weighted by atomic mass is 9.85. The van der Waals surface area contributed by atoms with E-state index in [0.717, 1.165) is 10.6 Å². The molecular formula is C13H20N2O6. The molecule has 1 aromatic rings. The van der Waals surface area contributed by atoms with E-state index in [-0.39, 0.29) is 12.5 Å². The first kappa shape index (κ1) is 15.9. The number of aliphatic hydroxyl groups is 2. The zero-order chi connectivity index (χ0) is 15.8. The third kappa shape index (κ3) is 2.44. The van der Waals surface area contributed by atoms with Gasteiger partial charge in [-0.15, -0.1) is 0 Å². The van der Waals surface area contributed by atoms with Crippen LogP contribution >= 0.6 is 0 Å². The average molecular weight is 300 g/mol. The molecule has 0 radical (unpaired) electrons. The second-order valence-corrected chi connectivity index (χ2v) is 5.44. The Hall–Kier alpha value is -1.48. The topological polar surface area (TPSA) is 114 Å². The van der Waals surface area contributed by atoms with Crippen LogP contribution < -0.4 is 11.2 Å². The summed E-state index contributed by atoms with van der Waals surface area (Å²) in [5.74, 6) is -0.162. The van der Waals surface area contributed by atoms with Crippen molar-refractivity contribution in [1.29, 1.82) is 0 Å². The maximum Gasteiger partial charge on any atom is 0.330 e. The molecule has 0 spiro atoms. The summed E-state index contributed by atoms with van der Waals surface area (Å²) in [6, 6.07) is 1.16. The normalized spacial score (nSPS) is 32.8. The minimum atomic E-state index is -1.16. The van der Waals surface area contributed by atoms with Crippen molar-refractivity contribution in [1.82, 2.24) is 9.55 Å². The summed E-state index contributed by atoms with van der Waals surface area (Å²) >= 11 is 0. The van der Waals surface area contributed by atoms with Crippen molar-refractivity contribution in [2.45, 2.75) is 37.9 Å². The quantitative estimate of drug-likeness (QED) is 0.645. The highest BCUT2D eigenvalue weighted by molar-refractivity contribution is 5.04. The summed E-state index contributed by atoms with van der Waals surface area (Å²) in [4.78, 5) is 25.1. The zero-order valence-corrected chi connectivity index (χ0v) is 12.1. The van der Waals surface area contributed by atoms with Gasteiger partial charge in [-0.25, -0.2) is 4.79 Å². The van der Waals surface area contributed by atoms with E-state index in [4.69, 9.17) is 9.47 Å². The molecular weight excluding hydrogens is 280 g/mol. The maximum atomic E-state index is 11.8. The Morgan fingerprint density at radius 2 is 2.19 bits per heavy atom. The van der Waals surface area contributed by atoms with Crippen molar-refractivity contribution in [3.05, 3.63) is 33.1 Å². The van der Waals surface area contributed by atoms with Crippen LogP contribution in [-0.2, 0) is 9.47 Å². The molecule has 8 nitrogen and oxygen atoms in total. The Kier molecular flexibility index (Phi) is 4.33. The molecule has 1 saturated heterocycles. The summed E-state index contributed by atoms with van der Waals surface area (Å²) in [7, 11) is 1.40. The number of hydrogen-bond acceptors (Lipinski definition) is 6. The van der Waals surface area contributed by atoms with Gasteiger partial charge in [0, 0.05) is 19.4 Å². The molecule has 8 heteroatoms. The molecule has 2 rings (SSSR count). The summed E-state index contributed by atoms with van der Waals surface area (Å²) in [5.41, 5.74) is -2.36. The first-order chi connectivity index (χ1) is 9.87. The molecule has 0 saturated carbocycles. The van der Waals surface area contributed by atoms with Crippen LogP contribution in [0.25, 0.3) is 0 Å². The first-order valence-electron chi connectivity index (χ1n) is 6.68. The number of nitrogens with one attached hydrogen (secondary N) is 1. The highest BCUT2D eigenvalue weighted by atomic mass is 16.6. The molecule has 0 amide bonds. The molecule has 1 aromatic heterocycles. The number of aromatic nitrogens is 2. The molecule has 3 N–H and O–H groups in total. The van der Waals surface area contributed by atoms with Crippen molar-refractivity contribution < 1.29 is 19.7 Å². The lowest BCUT2D eigenvalue weighted by Gasteiger charge is -2.35. The molecule has 0 unspecified atom stereocenters. The molecule has 1 fully saturated rings. The van der Waals surface area contributed by atoms with Crippen molar-refractivity contribution in [2.24, 2.45) is 5.92 Å². The van der Waals surface area contributed by atoms with Crippen LogP contribution in [-0.4, -0.2) is 51.3 Å². The monoisotopic (exact) mass is 300 g/mol. The van der Waals surface area contributed by atoms with Gasteiger partial charge in [0.1, 0.15) is 17.8 Å². The van der Waals surface area contributed by atoms with Crippen LogP contribution in [0, 0.1) is 5.92 Å². The average Bonchev–Trinajstić information content (AvgIpc) is 2.72. The fraction of sp³-hybridized carbons (Fsp3) is 0.692. The first-order valence-corrected chi connectivity index (χ1v) is 6.68. The predicted octanol–water partition coefficient (Wildman–Crippen LogP) is -1.17. The smallest absolute Gasteiger partial charge is 0.330 e. The number of ether oxygens (including phenoxy) is 2. The van der Waals surface area contributed by atoms with Crippen molar-refractivity contribution in [3.63, 3.8) is 0 Å². The maximum absolute atomic E-state index is 11.8. The molecule has 118 valence electrons. The van der Waals surface area contributed by atoms with Crippen molar-refractivity contribution >= 4 is 0 Å². The largest absolute Gasteiger partial charge is 0.393 e. The summed E-state index contributed by atoms with van der Waals surface area (Å²) in [6.45, 7) is 3.29. The van der Waals surface area contributed by atoms with E-state index in [0.29, 0.717) is 0 Å². The minimum absolute atomic E-state index is 0.162. The standard InChI is InChI=1S/C13H20N2O6/c1-7(2)13(6-16)10(20-3)9(18)11(21-13)15-5-4-8(17)14-12(15)19/h4-5,7,9-11,16,18H,6H2,1-3H3,(H,14,17,19)/t9-,10-,11-,13+/m1/s1. The number of rotatable bonds is 4. The molecule has 2 heterocycles. The molecule has 0 aromatic carbocycles. The summed E-state index contributed by atoms with van der Waals surface area (Å²) in [6.07, 6.45) is -1.76. The molecule has 4 atom stereocenters. The summed E-state index contributed by atoms with van der Waals surface area (Å²) < 4.78 is 12.2. The van der Waals surface area contributed by atoms with E-state index in [1.807, 2.05) is 13.8 Å². The number of nitrogens with zero attached hydrogens (tertiary/aromatic N) is 1. The van der Waals surface area contributed by atoms with Gasteiger partial charge in [0.05, 0.1) is 6.61 Å². The fourth-order valence-corrected chi connectivity index (χ4v) is 2.76. The predicted molar refractivity (Wildman–Crippen MR) is 72.9 cm³/mol. The third-order valence-electron chi connectivity index (χ3n) is 4.03. The van der Waals surface area contributed by atoms with Crippen molar-refractivity contribution in [2.75, 3.05) is 13.7 Å². The fourth-order valence-electron chi connectivity index (χ4n) is 2.76. The van der Waals surface area contributed by atoms with Crippen LogP contribution in [0.2, 0.25) is 0 Å². The Morgan fingerprint density at radius 1 is 1.52 bits per heavy atom. The number of aliphatic hydroxyl groups excluding tert-OH is 2. The molecule has 0 aliphatic carbocycles. The van der Waals surface area contributed by atoms with E-state index in [9.17, 15) is 19.8 Å². The Balaban J connectivity index is 2.48. The molecule has 1 aliphatic rings. The van der Waals surface area contributed by atoms with Crippen LogP contribution in [0.4, 0.5) is 0 Å². The molecule has 1 aliphatic heterocycles. The second kappa shape index (κ2) is 5.72. The third-order valence-corrected chi connectivity index (χ3v) is 4.03. The number of H-pyrrole nitrogens is 1. The van der Waals surface area contributed by atoms with Crippen LogP contribution in [0.1, 0.15) is 20.1 Å². The number of aromatic amines is 1.